The Morgan fingerprint density at radius 1 is 0.727 bits per heavy atom. The van der Waals surface area contributed by atoms with Crippen LogP contribution in [0.4, 0.5) is 0 Å². The molecule has 8 atom stereocenters. The van der Waals surface area contributed by atoms with Crippen molar-refractivity contribution in [3.05, 3.63) is 12.3 Å². The van der Waals surface area contributed by atoms with E-state index in [1.807, 2.05) is 0 Å². The van der Waals surface area contributed by atoms with E-state index in [0.29, 0.717) is 0 Å². The molecule has 2 aliphatic heterocycles. The Kier molecular flexibility index (Phi) is 9.58. The Labute approximate surface area is 189 Å². The number of hydrogen-bond acceptors (Lipinski definition) is 13. The van der Waals surface area contributed by atoms with Crippen LogP contribution < -0.4 is 0 Å². The van der Waals surface area contributed by atoms with Gasteiger partial charge in [0.2, 0.25) is 0 Å². The van der Waals surface area contributed by atoms with E-state index in [1.54, 1.807) is 0 Å². The van der Waals surface area contributed by atoms with E-state index in [4.69, 9.17) is 33.2 Å². The van der Waals surface area contributed by atoms with Gasteiger partial charge >= 0.3 is 23.9 Å². The number of esters is 4. The monoisotopic (exact) mass is 476 g/mol. The topological polar surface area (TPSA) is 173 Å². The lowest BCUT2D eigenvalue weighted by molar-refractivity contribution is -0.328. The van der Waals surface area contributed by atoms with Crippen molar-refractivity contribution in [3.63, 3.8) is 0 Å². The predicted octanol–water partition coefficient (Wildman–Crippen LogP) is -1.28. The maximum atomic E-state index is 11.8. The quantitative estimate of drug-likeness (QED) is 0.313. The van der Waals surface area contributed by atoms with Crippen LogP contribution >= 0.6 is 0 Å². The van der Waals surface area contributed by atoms with E-state index in [9.17, 15) is 29.4 Å². The molecule has 33 heavy (non-hydrogen) atoms. The van der Waals surface area contributed by atoms with Crippen LogP contribution in [0, 0.1) is 0 Å². The summed E-state index contributed by atoms with van der Waals surface area (Å²) >= 11 is 0. The van der Waals surface area contributed by atoms with E-state index in [1.165, 1.54) is 19.3 Å². The molecule has 0 aromatic rings. The van der Waals surface area contributed by atoms with Crippen molar-refractivity contribution >= 4 is 23.9 Å². The molecule has 0 aromatic carbocycles. The molecule has 13 heteroatoms. The molecule has 0 bridgehead atoms. The van der Waals surface area contributed by atoms with E-state index in [2.05, 4.69) is 0 Å². The second-order valence-corrected chi connectivity index (χ2v) is 7.31. The average molecular weight is 476 g/mol. The first-order valence-corrected chi connectivity index (χ1v) is 10.1. The number of hydrogen-bond donors (Lipinski definition) is 2. The van der Waals surface area contributed by atoms with Gasteiger partial charge in [0.1, 0.15) is 12.2 Å². The van der Waals surface area contributed by atoms with Crippen LogP contribution in [0.3, 0.4) is 0 Å². The molecular weight excluding hydrogens is 448 g/mol. The van der Waals surface area contributed by atoms with Crippen LogP contribution in [-0.4, -0.2) is 96.3 Å². The van der Waals surface area contributed by atoms with Crippen molar-refractivity contribution in [2.45, 2.75) is 76.7 Å². The summed E-state index contributed by atoms with van der Waals surface area (Å²) in [6, 6.07) is 0. The summed E-state index contributed by atoms with van der Waals surface area (Å²) in [4.78, 5) is 46.7. The fraction of sp³-hybridized carbons (Fsp3) is 0.700. The molecule has 1 fully saturated rings. The normalized spacial score (nSPS) is 33.4. The molecule has 1 saturated heterocycles. The number of carbonyl (C=O) groups excluding carboxylic acids is 4. The van der Waals surface area contributed by atoms with Gasteiger partial charge in [-0.05, 0) is 6.08 Å². The van der Waals surface area contributed by atoms with E-state index in [-0.39, 0.29) is 0 Å². The Hall–Kier alpha value is -2.74. The first-order chi connectivity index (χ1) is 15.6. The SMILES string of the molecule is CC(=O)O[C@H]1[C@@H](OC(C)=O)[C@@H](CO)O[C@@H](O[C@H]2[C@H](OC(C)=O)C=CO[C@@H]2CO)[C@@H]1OC(C)=O. The molecule has 0 aromatic heterocycles. The Morgan fingerprint density at radius 3 is 1.76 bits per heavy atom. The summed E-state index contributed by atoms with van der Waals surface area (Å²) in [5, 5.41) is 19.5. The van der Waals surface area contributed by atoms with Crippen molar-refractivity contribution in [1.29, 1.82) is 0 Å². The van der Waals surface area contributed by atoms with Gasteiger partial charge in [0, 0.05) is 27.7 Å². The van der Waals surface area contributed by atoms with Gasteiger partial charge in [-0.2, -0.15) is 0 Å². The summed E-state index contributed by atoms with van der Waals surface area (Å²) in [6.07, 6.45) is -7.51. The highest BCUT2D eigenvalue weighted by Gasteiger charge is 2.54. The Morgan fingerprint density at radius 2 is 1.24 bits per heavy atom. The summed E-state index contributed by atoms with van der Waals surface area (Å²) in [5.41, 5.74) is 0. The molecule has 0 radical (unpaired) electrons. The largest absolute Gasteiger partial charge is 0.493 e. The summed E-state index contributed by atoms with van der Waals surface area (Å²) < 4.78 is 37.9. The number of carbonyl (C=O) groups is 4. The molecule has 186 valence electrons. The number of aliphatic hydroxyl groups excluding tert-OH is 2. The van der Waals surface area contributed by atoms with Gasteiger partial charge in [0.15, 0.2) is 36.8 Å². The van der Waals surface area contributed by atoms with Crippen LogP contribution in [-0.2, 0) is 52.3 Å². The molecule has 0 spiro atoms. The lowest BCUT2D eigenvalue weighted by Gasteiger charge is -2.45. The average Bonchev–Trinajstić information content (AvgIpc) is 2.71. The standard InChI is InChI=1S/C20H28O13/c1-9(23)28-13-5-6-27-14(7-21)16(13)33-20-19(31-12(4)26)18(30-11(3)25)17(29-10(2)24)15(8-22)32-20/h5-6,13-22H,7-8H2,1-4H3/t13-,14-,15-,16+,17+,18+,19-,20+/m1/s1. The van der Waals surface area contributed by atoms with Gasteiger partial charge in [0.05, 0.1) is 19.5 Å². The molecule has 2 heterocycles. The molecule has 13 nitrogen and oxygen atoms in total. The van der Waals surface area contributed by atoms with Gasteiger partial charge in [-0.3, -0.25) is 19.2 Å². The zero-order valence-corrected chi connectivity index (χ0v) is 18.6. The second-order valence-electron chi connectivity index (χ2n) is 7.31. The highest BCUT2D eigenvalue weighted by molar-refractivity contribution is 5.68. The Balaban J connectivity index is 2.43. The third-order valence-corrected chi connectivity index (χ3v) is 4.66. The first kappa shape index (κ1) is 26.5. The zero-order chi connectivity index (χ0) is 24.7. The molecule has 2 N–H and O–H groups in total. The van der Waals surface area contributed by atoms with Crippen LogP contribution in [0.25, 0.3) is 0 Å². The van der Waals surface area contributed by atoms with Gasteiger partial charge in [-0.25, -0.2) is 0 Å². The second kappa shape index (κ2) is 11.9. The Bertz CT molecular complexity index is 750. The van der Waals surface area contributed by atoms with Gasteiger partial charge in [-0.15, -0.1) is 0 Å². The fourth-order valence-electron chi connectivity index (χ4n) is 3.50. The molecule has 0 aliphatic carbocycles. The maximum Gasteiger partial charge on any atom is 0.303 e. The van der Waals surface area contributed by atoms with E-state index < -0.39 is 86.1 Å². The lowest BCUT2D eigenvalue weighted by Crippen LogP contribution is -2.64. The van der Waals surface area contributed by atoms with Crippen LogP contribution in [0.2, 0.25) is 0 Å². The number of rotatable bonds is 8. The summed E-state index contributed by atoms with van der Waals surface area (Å²) in [6.45, 7) is 3.24. The van der Waals surface area contributed by atoms with E-state index in [0.717, 1.165) is 20.8 Å². The van der Waals surface area contributed by atoms with Crippen molar-refractivity contribution in [2.24, 2.45) is 0 Å². The first-order valence-electron chi connectivity index (χ1n) is 10.1. The minimum Gasteiger partial charge on any atom is -0.493 e. The summed E-state index contributed by atoms with van der Waals surface area (Å²) in [7, 11) is 0. The van der Waals surface area contributed by atoms with Gasteiger partial charge in [-0.1, -0.05) is 0 Å². The molecule has 0 amide bonds. The minimum absolute atomic E-state index is 0.537. The van der Waals surface area contributed by atoms with Gasteiger partial charge < -0.3 is 43.4 Å². The third kappa shape index (κ3) is 7.12. The van der Waals surface area contributed by atoms with E-state index >= 15 is 0 Å². The predicted molar refractivity (Wildman–Crippen MR) is 104 cm³/mol. The fourth-order valence-corrected chi connectivity index (χ4v) is 3.50. The molecule has 2 aliphatic rings. The van der Waals surface area contributed by atoms with Crippen LogP contribution in [0.1, 0.15) is 27.7 Å². The van der Waals surface area contributed by atoms with Crippen molar-refractivity contribution in [2.75, 3.05) is 13.2 Å². The smallest absolute Gasteiger partial charge is 0.303 e. The lowest BCUT2D eigenvalue weighted by atomic mass is 9.97. The highest BCUT2D eigenvalue weighted by atomic mass is 16.7. The number of ether oxygens (including phenoxy) is 7. The molecule has 2 rings (SSSR count). The van der Waals surface area contributed by atoms with Crippen LogP contribution in [0.15, 0.2) is 12.3 Å². The summed E-state index contributed by atoms with van der Waals surface area (Å²) in [5.74, 6) is -2.99. The van der Waals surface area contributed by atoms with Gasteiger partial charge in [0.25, 0.3) is 0 Å². The number of aliphatic hydroxyl groups is 2. The molecule has 0 unspecified atom stereocenters. The molecular formula is C20H28O13. The van der Waals surface area contributed by atoms with Crippen molar-refractivity contribution in [3.8, 4) is 0 Å². The van der Waals surface area contributed by atoms with Crippen molar-refractivity contribution < 1.29 is 62.5 Å². The molecule has 0 saturated carbocycles. The maximum absolute atomic E-state index is 11.8. The van der Waals surface area contributed by atoms with Crippen molar-refractivity contribution in [1.82, 2.24) is 0 Å². The van der Waals surface area contributed by atoms with Crippen LogP contribution in [0.5, 0.6) is 0 Å². The zero-order valence-electron chi connectivity index (χ0n) is 18.6. The third-order valence-electron chi connectivity index (χ3n) is 4.66. The minimum atomic E-state index is -1.51. The highest BCUT2D eigenvalue weighted by Crippen LogP contribution is 2.32.